The minimum absolute atomic E-state index is 0.105. The number of nitro groups is 1. The molecule has 1 heterocycles. The molecule has 0 bridgehead atoms. The van der Waals surface area contributed by atoms with Crippen LogP contribution in [0.25, 0.3) is 11.4 Å². The summed E-state index contributed by atoms with van der Waals surface area (Å²) >= 11 is 5.82. The van der Waals surface area contributed by atoms with Crippen LogP contribution in [0.15, 0.2) is 53.1 Å². The number of non-ortho nitro benzene ring substituents is 1. The Morgan fingerprint density at radius 2 is 1.62 bits per heavy atom. The molecule has 29 heavy (non-hydrogen) atoms. The van der Waals surface area contributed by atoms with Crippen molar-refractivity contribution in [1.82, 2.24) is 20.8 Å². The highest BCUT2D eigenvalue weighted by atomic mass is 35.5. The third-order valence-electron chi connectivity index (χ3n) is 3.76. The number of benzene rings is 2. The van der Waals surface area contributed by atoms with Gasteiger partial charge in [0.25, 0.3) is 11.6 Å². The Balaban J connectivity index is 1.47. The molecule has 2 amide bonds. The second-order valence-corrected chi connectivity index (χ2v) is 6.18. The molecule has 0 unspecified atom stereocenters. The Hall–Kier alpha value is -3.79. The van der Waals surface area contributed by atoms with Gasteiger partial charge in [-0.15, -0.1) is 0 Å². The summed E-state index contributed by atoms with van der Waals surface area (Å²) in [5, 5.41) is 20.0. The summed E-state index contributed by atoms with van der Waals surface area (Å²) in [5.41, 5.74) is 0.810. The van der Waals surface area contributed by atoms with Crippen molar-refractivity contribution in [2.75, 3.05) is 13.1 Å². The van der Waals surface area contributed by atoms with Crippen molar-refractivity contribution in [1.29, 1.82) is 0 Å². The van der Waals surface area contributed by atoms with E-state index >= 15 is 0 Å². The van der Waals surface area contributed by atoms with Crippen molar-refractivity contribution in [3.8, 4) is 11.4 Å². The van der Waals surface area contributed by atoms with Crippen LogP contribution in [-0.2, 0) is 0 Å². The van der Waals surface area contributed by atoms with Gasteiger partial charge in [-0.25, -0.2) is 0 Å². The predicted octanol–water partition coefficient (Wildman–Crippen LogP) is 2.46. The van der Waals surface area contributed by atoms with Crippen LogP contribution >= 0.6 is 11.6 Å². The average Bonchev–Trinajstić information content (AvgIpc) is 3.22. The molecule has 0 fully saturated rings. The fourth-order valence-corrected chi connectivity index (χ4v) is 2.42. The van der Waals surface area contributed by atoms with Gasteiger partial charge in [0.1, 0.15) is 0 Å². The summed E-state index contributed by atoms with van der Waals surface area (Å²) in [5.74, 6) is -0.964. The van der Waals surface area contributed by atoms with Crippen molar-refractivity contribution >= 4 is 29.1 Å². The standard InChI is InChI=1S/C18H14ClN5O5/c19-13-5-1-11(2-6-13)15-22-18(29-23-15)17(26)21-10-9-20-16(25)12-3-7-14(8-4-12)24(27)28/h1-8H,9-10H2,(H,20,25)(H,21,26). The zero-order valence-corrected chi connectivity index (χ0v) is 15.5. The molecule has 0 saturated heterocycles. The summed E-state index contributed by atoms with van der Waals surface area (Å²) < 4.78 is 4.94. The second-order valence-electron chi connectivity index (χ2n) is 5.75. The molecule has 0 aliphatic rings. The molecule has 3 aromatic rings. The monoisotopic (exact) mass is 415 g/mol. The number of aromatic nitrogens is 2. The lowest BCUT2D eigenvalue weighted by molar-refractivity contribution is -0.384. The lowest BCUT2D eigenvalue weighted by atomic mass is 10.2. The highest BCUT2D eigenvalue weighted by Crippen LogP contribution is 2.18. The van der Waals surface area contributed by atoms with Crippen molar-refractivity contribution in [3.05, 3.63) is 75.1 Å². The van der Waals surface area contributed by atoms with Crippen LogP contribution in [0.1, 0.15) is 21.0 Å². The van der Waals surface area contributed by atoms with E-state index in [0.29, 0.717) is 10.6 Å². The molecule has 1 aromatic heterocycles. The molecule has 10 nitrogen and oxygen atoms in total. The summed E-state index contributed by atoms with van der Waals surface area (Å²) in [6.07, 6.45) is 0. The summed E-state index contributed by atoms with van der Waals surface area (Å²) in [4.78, 5) is 38.1. The van der Waals surface area contributed by atoms with Crippen LogP contribution in [0.4, 0.5) is 5.69 Å². The minimum atomic E-state index is -0.581. The van der Waals surface area contributed by atoms with Gasteiger partial charge in [0.15, 0.2) is 0 Å². The number of rotatable bonds is 7. The van der Waals surface area contributed by atoms with E-state index in [-0.39, 0.29) is 36.1 Å². The number of nitrogens with zero attached hydrogens (tertiary/aromatic N) is 3. The van der Waals surface area contributed by atoms with Crippen molar-refractivity contribution in [2.24, 2.45) is 0 Å². The number of hydrogen-bond donors (Lipinski definition) is 2. The van der Waals surface area contributed by atoms with Gasteiger partial charge in [0.2, 0.25) is 5.82 Å². The zero-order valence-electron chi connectivity index (χ0n) is 14.8. The fourth-order valence-electron chi connectivity index (χ4n) is 2.30. The number of nitro benzene ring substituents is 1. The topological polar surface area (TPSA) is 140 Å². The van der Waals surface area contributed by atoms with Gasteiger partial charge in [-0.1, -0.05) is 16.8 Å². The van der Waals surface area contributed by atoms with E-state index in [1.165, 1.54) is 24.3 Å². The van der Waals surface area contributed by atoms with E-state index < -0.39 is 16.7 Å². The molecule has 2 aromatic carbocycles. The van der Waals surface area contributed by atoms with Gasteiger partial charge in [-0.05, 0) is 36.4 Å². The maximum absolute atomic E-state index is 12.1. The largest absolute Gasteiger partial charge is 0.350 e. The van der Waals surface area contributed by atoms with Crippen LogP contribution in [0.2, 0.25) is 5.02 Å². The number of hydrogen-bond acceptors (Lipinski definition) is 7. The highest BCUT2D eigenvalue weighted by Gasteiger charge is 2.16. The first-order chi connectivity index (χ1) is 13.9. The average molecular weight is 416 g/mol. The Morgan fingerprint density at radius 1 is 1.00 bits per heavy atom. The summed E-state index contributed by atoms with van der Waals surface area (Å²) in [6.45, 7) is 0.260. The maximum atomic E-state index is 12.1. The molecule has 0 radical (unpaired) electrons. The molecule has 2 N–H and O–H groups in total. The fraction of sp³-hybridized carbons (Fsp3) is 0.111. The minimum Gasteiger partial charge on any atom is -0.350 e. The van der Waals surface area contributed by atoms with Gasteiger partial charge in [-0.2, -0.15) is 4.98 Å². The normalized spacial score (nSPS) is 10.4. The van der Waals surface area contributed by atoms with E-state index in [0.717, 1.165) is 0 Å². The maximum Gasteiger partial charge on any atom is 0.316 e. The summed E-state index contributed by atoms with van der Waals surface area (Å²) in [6, 6.07) is 11.9. The zero-order chi connectivity index (χ0) is 20.8. The van der Waals surface area contributed by atoms with Gasteiger partial charge in [0, 0.05) is 41.4 Å². The molecule has 11 heteroatoms. The molecule has 3 rings (SSSR count). The number of nitrogens with one attached hydrogen (secondary N) is 2. The Morgan fingerprint density at radius 3 is 2.24 bits per heavy atom. The highest BCUT2D eigenvalue weighted by molar-refractivity contribution is 6.30. The molecule has 0 atom stereocenters. The van der Waals surface area contributed by atoms with Gasteiger partial charge >= 0.3 is 11.8 Å². The van der Waals surface area contributed by atoms with Gasteiger partial charge < -0.3 is 15.2 Å². The third-order valence-corrected chi connectivity index (χ3v) is 4.01. The molecule has 0 aliphatic heterocycles. The van der Waals surface area contributed by atoms with Crippen LogP contribution in [0.3, 0.4) is 0 Å². The van der Waals surface area contributed by atoms with Gasteiger partial charge in [0.05, 0.1) is 4.92 Å². The van der Waals surface area contributed by atoms with E-state index in [9.17, 15) is 19.7 Å². The number of amides is 2. The first-order valence-corrected chi connectivity index (χ1v) is 8.72. The molecule has 0 aliphatic carbocycles. The van der Waals surface area contributed by atoms with E-state index in [2.05, 4.69) is 20.8 Å². The van der Waals surface area contributed by atoms with E-state index in [1.807, 2.05) is 0 Å². The van der Waals surface area contributed by atoms with Gasteiger partial charge in [-0.3, -0.25) is 19.7 Å². The second kappa shape index (κ2) is 8.93. The number of carbonyl (C=O) groups is 2. The number of halogens is 1. The van der Waals surface area contributed by atoms with Crippen molar-refractivity contribution < 1.29 is 19.0 Å². The van der Waals surface area contributed by atoms with E-state index in [4.69, 9.17) is 16.1 Å². The SMILES string of the molecule is O=C(NCCNC(=O)c1nc(-c2ccc(Cl)cc2)no1)c1ccc([N+](=O)[O-])cc1. The first-order valence-electron chi connectivity index (χ1n) is 8.34. The lowest BCUT2D eigenvalue weighted by Gasteiger charge is -2.05. The molecule has 0 saturated carbocycles. The van der Waals surface area contributed by atoms with Crippen molar-refractivity contribution in [3.63, 3.8) is 0 Å². The van der Waals surface area contributed by atoms with Crippen LogP contribution < -0.4 is 10.6 Å². The third kappa shape index (κ3) is 5.14. The quantitative estimate of drug-likeness (QED) is 0.343. The van der Waals surface area contributed by atoms with Crippen LogP contribution in [-0.4, -0.2) is 40.0 Å². The molecule has 0 spiro atoms. The number of carbonyl (C=O) groups excluding carboxylic acids is 2. The Labute approximate surface area is 169 Å². The van der Waals surface area contributed by atoms with Crippen molar-refractivity contribution in [2.45, 2.75) is 0 Å². The lowest BCUT2D eigenvalue weighted by Crippen LogP contribution is -2.34. The Bertz CT molecular complexity index is 1030. The molecular weight excluding hydrogens is 402 g/mol. The van der Waals surface area contributed by atoms with E-state index in [1.54, 1.807) is 24.3 Å². The first kappa shape index (κ1) is 20.0. The smallest absolute Gasteiger partial charge is 0.316 e. The molecular formula is C18H14ClN5O5. The Kier molecular flexibility index (Phi) is 6.15. The summed E-state index contributed by atoms with van der Waals surface area (Å²) in [7, 11) is 0. The van der Waals surface area contributed by atoms with Crippen LogP contribution in [0.5, 0.6) is 0 Å². The van der Waals surface area contributed by atoms with Crippen LogP contribution in [0, 0.1) is 10.1 Å². The predicted molar refractivity (Wildman–Crippen MR) is 103 cm³/mol. The molecule has 148 valence electrons.